The number of carboxylic acids is 1. The summed E-state index contributed by atoms with van der Waals surface area (Å²) in [6, 6.07) is 1.77. The number of carbonyl (C=O) groups is 1. The fourth-order valence-electron chi connectivity index (χ4n) is 1.41. The molecule has 2 heterocycles. The summed E-state index contributed by atoms with van der Waals surface area (Å²) in [5.74, 6) is -0.327. The molecule has 2 aromatic heterocycles. The number of aromatic carboxylic acids is 1. The molecule has 0 radical (unpaired) electrons. The van der Waals surface area contributed by atoms with Crippen molar-refractivity contribution in [2.24, 2.45) is 0 Å². The van der Waals surface area contributed by atoms with Gasteiger partial charge in [-0.2, -0.15) is 0 Å². The van der Waals surface area contributed by atoms with E-state index in [0.717, 1.165) is 29.1 Å². The van der Waals surface area contributed by atoms with Crippen LogP contribution in [0.1, 0.15) is 23.2 Å². The molecule has 0 unspecified atom stereocenters. The number of thiazole rings is 1. The lowest BCUT2D eigenvalue weighted by molar-refractivity contribution is 0.0692. The van der Waals surface area contributed by atoms with E-state index in [-0.39, 0.29) is 10.7 Å². The van der Waals surface area contributed by atoms with E-state index >= 15 is 0 Å². The van der Waals surface area contributed by atoms with E-state index in [1.807, 2.05) is 6.92 Å². The maximum atomic E-state index is 10.8. The van der Waals surface area contributed by atoms with Gasteiger partial charge in [0.25, 0.3) is 0 Å². The molecule has 5 nitrogen and oxygen atoms in total. The zero-order valence-electron chi connectivity index (χ0n) is 8.56. The third-order valence-electron chi connectivity index (χ3n) is 2.15. The molecule has 0 amide bonds. The number of hydrogen-bond donors (Lipinski definition) is 2. The Morgan fingerprint density at radius 1 is 1.69 bits per heavy atom. The van der Waals surface area contributed by atoms with E-state index in [2.05, 4.69) is 4.98 Å². The van der Waals surface area contributed by atoms with E-state index in [0.29, 0.717) is 5.01 Å². The summed E-state index contributed by atoms with van der Waals surface area (Å²) >= 11 is 1.16. The fourth-order valence-corrected chi connectivity index (χ4v) is 2.27. The number of carboxylic acid groups (broad SMARTS) is 1. The Morgan fingerprint density at radius 3 is 3.00 bits per heavy atom. The quantitative estimate of drug-likeness (QED) is 0.855. The molecular weight excluding hydrogens is 228 g/mol. The van der Waals surface area contributed by atoms with Gasteiger partial charge in [0.15, 0.2) is 5.69 Å². The molecule has 16 heavy (non-hydrogen) atoms. The maximum Gasteiger partial charge on any atom is 0.357 e. The first kappa shape index (κ1) is 10.7. The predicted molar refractivity (Wildman–Crippen MR) is 60.6 cm³/mol. The predicted octanol–water partition coefficient (Wildman–Crippen LogP) is 2.25. The molecule has 2 rings (SSSR count). The second-order valence-corrected chi connectivity index (χ2v) is 4.18. The molecular formula is C10H10N2O3S. The van der Waals surface area contributed by atoms with Crippen molar-refractivity contribution in [3.63, 3.8) is 0 Å². The van der Waals surface area contributed by atoms with Crippen LogP contribution in [0.2, 0.25) is 0 Å². The van der Waals surface area contributed by atoms with Crippen LogP contribution in [0.25, 0.3) is 10.6 Å². The highest BCUT2D eigenvalue weighted by Crippen LogP contribution is 2.32. The Bertz CT molecular complexity index is 530. The summed E-state index contributed by atoms with van der Waals surface area (Å²) in [5.41, 5.74) is 6.30. The van der Waals surface area contributed by atoms with Crippen molar-refractivity contribution < 1.29 is 14.3 Å². The minimum atomic E-state index is -1.11. The standard InChI is InChI=1S/C10H10N2O3S/c1-2-6-5(3-4-15-6)9-12-7(10(13)14)8(11)16-9/h3-4H,2,11H2,1H3,(H,13,14). The Balaban J connectivity index is 2.49. The number of nitrogens with zero attached hydrogens (tertiary/aromatic N) is 1. The van der Waals surface area contributed by atoms with Crippen LogP contribution >= 0.6 is 11.3 Å². The first-order valence-corrected chi connectivity index (χ1v) is 5.51. The normalized spacial score (nSPS) is 10.6. The number of furan rings is 1. The molecule has 0 aromatic carbocycles. The Labute approximate surface area is 95.5 Å². The zero-order chi connectivity index (χ0) is 11.7. The third-order valence-corrected chi connectivity index (χ3v) is 3.07. The van der Waals surface area contributed by atoms with Gasteiger partial charge in [0.1, 0.15) is 15.8 Å². The lowest BCUT2D eigenvalue weighted by atomic mass is 10.2. The first-order chi connectivity index (χ1) is 7.63. The monoisotopic (exact) mass is 238 g/mol. The number of rotatable bonds is 3. The van der Waals surface area contributed by atoms with E-state index in [1.54, 1.807) is 12.3 Å². The molecule has 0 atom stereocenters. The fraction of sp³-hybridized carbons (Fsp3) is 0.200. The number of nitrogens with two attached hydrogens (primary N) is 1. The highest BCUT2D eigenvalue weighted by Gasteiger charge is 2.18. The molecule has 6 heteroatoms. The maximum absolute atomic E-state index is 10.8. The van der Waals surface area contributed by atoms with Crippen molar-refractivity contribution in [1.82, 2.24) is 4.98 Å². The smallest absolute Gasteiger partial charge is 0.357 e. The number of anilines is 1. The molecule has 0 aliphatic rings. The summed E-state index contributed by atoms with van der Waals surface area (Å²) in [7, 11) is 0. The first-order valence-electron chi connectivity index (χ1n) is 4.69. The van der Waals surface area contributed by atoms with Crippen molar-refractivity contribution in [2.45, 2.75) is 13.3 Å². The van der Waals surface area contributed by atoms with E-state index < -0.39 is 5.97 Å². The van der Waals surface area contributed by atoms with E-state index in [4.69, 9.17) is 15.3 Å². The average molecular weight is 238 g/mol. The summed E-state index contributed by atoms with van der Waals surface area (Å²) < 4.78 is 5.26. The zero-order valence-corrected chi connectivity index (χ0v) is 9.37. The van der Waals surface area contributed by atoms with Gasteiger partial charge in [-0.1, -0.05) is 18.3 Å². The van der Waals surface area contributed by atoms with Gasteiger partial charge in [0.05, 0.1) is 11.8 Å². The largest absolute Gasteiger partial charge is 0.476 e. The van der Waals surface area contributed by atoms with Gasteiger partial charge in [-0.3, -0.25) is 0 Å². The molecule has 0 aliphatic carbocycles. The van der Waals surface area contributed by atoms with Crippen LogP contribution in [0, 0.1) is 0 Å². The minimum absolute atomic E-state index is 0.0942. The number of nitrogen functional groups attached to an aromatic ring is 1. The molecule has 3 N–H and O–H groups in total. The van der Waals surface area contributed by atoms with Gasteiger partial charge in [-0.15, -0.1) is 0 Å². The van der Waals surface area contributed by atoms with Crippen molar-refractivity contribution in [3.05, 3.63) is 23.8 Å². The SMILES string of the molecule is CCc1occc1-c1nc(C(=O)O)c(N)s1. The molecule has 0 saturated carbocycles. The van der Waals surface area contributed by atoms with E-state index in [1.165, 1.54) is 0 Å². The molecule has 0 aliphatic heterocycles. The number of aromatic nitrogens is 1. The highest BCUT2D eigenvalue weighted by molar-refractivity contribution is 7.19. The van der Waals surface area contributed by atoms with Gasteiger partial charge in [-0.05, 0) is 6.07 Å². The third kappa shape index (κ3) is 1.67. The van der Waals surface area contributed by atoms with Crippen molar-refractivity contribution in [3.8, 4) is 10.6 Å². The molecule has 0 fully saturated rings. The van der Waals surface area contributed by atoms with Gasteiger partial charge in [-0.25, -0.2) is 9.78 Å². The van der Waals surface area contributed by atoms with Crippen LogP contribution in [0.15, 0.2) is 16.7 Å². The van der Waals surface area contributed by atoms with Gasteiger partial charge >= 0.3 is 5.97 Å². The second kappa shape index (κ2) is 3.97. The number of hydrogen-bond acceptors (Lipinski definition) is 5. The summed E-state index contributed by atoms with van der Waals surface area (Å²) in [4.78, 5) is 14.8. The van der Waals surface area contributed by atoms with Crippen LogP contribution in [-0.2, 0) is 6.42 Å². The van der Waals surface area contributed by atoms with Crippen LogP contribution in [0.3, 0.4) is 0 Å². The van der Waals surface area contributed by atoms with E-state index in [9.17, 15) is 4.79 Å². The lowest BCUT2D eigenvalue weighted by Gasteiger charge is -1.93. The van der Waals surface area contributed by atoms with Gasteiger partial charge in [0.2, 0.25) is 0 Å². The average Bonchev–Trinajstić information content (AvgIpc) is 2.82. The topological polar surface area (TPSA) is 89.3 Å². The van der Waals surface area contributed by atoms with Gasteiger partial charge in [0, 0.05) is 6.42 Å². The Morgan fingerprint density at radius 2 is 2.44 bits per heavy atom. The summed E-state index contributed by atoms with van der Waals surface area (Å²) in [6.45, 7) is 1.96. The summed E-state index contributed by atoms with van der Waals surface area (Å²) in [5, 5.41) is 9.64. The molecule has 2 aromatic rings. The number of aryl methyl sites for hydroxylation is 1. The molecule has 0 saturated heterocycles. The minimum Gasteiger partial charge on any atom is -0.476 e. The molecule has 0 bridgehead atoms. The van der Waals surface area contributed by atoms with Gasteiger partial charge < -0.3 is 15.3 Å². The van der Waals surface area contributed by atoms with Crippen molar-refractivity contribution in [1.29, 1.82) is 0 Å². The lowest BCUT2D eigenvalue weighted by Crippen LogP contribution is -2.00. The van der Waals surface area contributed by atoms with Crippen molar-refractivity contribution in [2.75, 3.05) is 5.73 Å². The van der Waals surface area contributed by atoms with Crippen LogP contribution in [0.5, 0.6) is 0 Å². The van der Waals surface area contributed by atoms with Crippen molar-refractivity contribution >= 4 is 22.3 Å². The molecule has 0 spiro atoms. The molecule has 84 valence electrons. The Kier molecular flexibility index (Phi) is 2.66. The second-order valence-electron chi connectivity index (χ2n) is 3.15. The van der Waals surface area contributed by atoms with Crippen LogP contribution in [-0.4, -0.2) is 16.1 Å². The Hall–Kier alpha value is -1.82. The summed E-state index contributed by atoms with van der Waals surface area (Å²) in [6.07, 6.45) is 2.29. The van der Waals surface area contributed by atoms with Crippen LogP contribution < -0.4 is 5.73 Å². The van der Waals surface area contributed by atoms with Crippen LogP contribution in [0.4, 0.5) is 5.00 Å². The highest BCUT2D eigenvalue weighted by atomic mass is 32.1.